The molecule has 0 aliphatic rings. The molecule has 1 atom stereocenters. The minimum atomic E-state index is -3.92. The predicted molar refractivity (Wildman–Crippen MR) is 136 cm³/mol. The second-order valence-electron chi connectivity index (χ2n) is 9.16. The second kappa shape index (κ2) is 11.5. The summed E-state index contributed by atoms with van der Waals surface area (Å²) in [7, 11) is -2.33. The summed E-state index contributed by atoms with van der Waals surface area (Å²) in [6.07, 6.45) is 3.85. The third-order valence-corrected chi connectivity index (χ3v) is 8.75. The first-order valence-corrected chi connectivity index (χ1v) is 13.6. The van der Waals surface area contributed by atoms with Crippen LogP contribution < -0.4 is 11.0 Å². The molecule has 0 unspecified atom stereocenters. The Morgan fingerprint density at radius 2 is 1.86 bits per heavy atom. The fourth-order valence-corrected chi connectivity index (χ4v) is 4.96. The monoisotopic (exact) mass is 536 g/mol. The maximum atomic E-state index is 14.9. The highest BCUT2D eigenvalue weighted by atomic mass is 32.2. The van der Waals surface area contributed by atoms with Gasteiger partial charge in [0.2, 0.25) is 0 Å². The van der Waals surface area contributed by atoms with Crippen LogP contribution in [0.5, 0.6) is 0 Å². The van der Waals surface area contributed by atoms with Crippen molar-refractivity contribution < 1.29 is 31.9 Å². The Labute approximate surface area is 213 Å². The van der Waals surface area contributed by atoms with Crippen LogP contribution in [-0.2, 0) is 32.3 Å². The van der Waals surface area contributed by atoms with E-state index in [1.54, 1.807) is 25.3 Å². The molecule has 0 saturated heterocycles. The molecule has 200 valence electrons. The molecule has 1 aromatic heterocycles. The van der Waals surface area contributed by atoms with E-state index in [2.05, 4.69) is 0 Å². The first-order chi connectivity index (χ1) is 17.4. The molecule has 3 aromatic rings. The summed E-state index contributed by atoms with van der Waals surface area (Å²) < 4.78 is 58.2. The molecular formula is C26H30F2N2O6S. The Kier molecular flexibility index (Phi) is 8.83. The number of nitrogens with zero attached hydrogens (tertiary/aromatic N) is 1. The summed E-state index contributed by atoms with van der Waals surface area (Å²) in [5, 5.41) is 9.74. The van der Waals surface area contributed by atoms with Gasteiger partial charge in [0.05, 0.1) is 0 Å². The lowest BCUT2D eigenvalue weighted by molar-refractivity contribution is -0.131. The fourth-order valence-electron chi connectivity index (χ4n) is 4.12. The standard InChI is InChI=1S/C26H30F2N2O6S/c1-26(25(32)29-33,37(3,34)35)12-14-30-13-11-19-16-18(8-10-21(19)24(30)31)20-9-7-17(22(27)23(20)28)6-4-5-15-36-2/h7-11,13,16,33H,4-6,12,14-15H2,1-3H3,(H,29,32)/t26-/m1/s1. The Balaban J connectivity index is 1.89. The van der Waals surface area contributed by atoms with Gasteiger partial charge >= 0.3 is 0 Å². The van der Waals surface area contributed by atoms with Crippen LogP contribution in [0.3, 0.4) is 0 Å². The van der Waals surface area contributed by atoms with Crippen molar-refractivity contribution in [3.8, 4) is 11.1 Å². The number of ether oxygens (including phenoxy) is 1. The number of rotatable bonds is 11. The molecule has 0 aliphatic carbocycles. The molecular weight excluding hydrogens is 506 g/mol. The molecule has 0 saturated carbocycles. The number of amides is 1. The number of nitrogens with one attached hydrogen (secondary N) is 1. The van der Waals surface area contributed by atoms with Gasteiger partial charge in [0.25, 0.3) is 11.5 Å². The van der Waals surface area contributed by atoms with E-state index in [4.69, 9.17) is 9.94 Å². The summed E-state index contributed by atoms with van der Waals surface area (Å²) in [6, 6.07) is 9.27. The number of carbonyl (C=O) groups excluding carboxylic acids is 1. The third-order valence-electron chi connectivity index (χ3n) is 6.72. The van der Waals surface area contributed by atoms with Gasteiger partial charge in [-0.25, -0.2) is 22.7 Å². The molecule has 1 amide bonds. The van der Waals surface area contributed by atoms with Gasteiger partial charge in [0.1, 0.15) is 0 Å². The van der Waals surface area contributed by atoms with Crippen molar-refractivity contribution in [2.45, 2.75) is 43.9 Å². The SMILES string of the molecule is COCCCCc1ccc(-c2ccc3c(=O)n(CC[C@](C)(C(=O)NO)S(C)(=O)=O)ccc3c2)c(F)c1F. The molecule has 2 N–H and O–H groups in total. The van der Waals surface area contributed by atoms with E-state index in [-0.39, 0.29) is 29.5 Å². The number of halogens is 2. The zero-order valence-electron chi connectivity index (χ0n) is 20.9. The molecule has 8 nitrogen and oxygen atoms in total. The van der Waals surface area contributed by atoms with Gasteiger partial charge in [-0.05, 0) is 67.3 Å². The van der Waals surface area contributed by atoms with E-state index in [0.29, 0.717) is 30.4 Å². The number of carbonyl (C=O) groups is 1. The summed E-state index contributed by atoms with van der Waals surface area (Å²) in [6.45, 7) is 1.61. The molecule has 0 fully saturated rings. The number of sulfone groups is 1. The lowest BCUT2D eigenvalue weighted by Crippen LogP contribution is -2.49. The summed E-state index contributed by atoms with van der Waals surface area (Å²) >= 11 is 0. The van der Waals surface area contributed by atoms with E-state index in [1.807, 2.05) is 0 Å². The van der Waals surface area contributed by atoms with E-state index >= 15 is 0 Å². The van der Waals surface area contributed by atoms with Crippen molar-refractivity contribution >= 4 is 26.5 Å². The van der Waals surface area contributed by atoms with Gasteiger partial charge in [0.15, 0.2) is 26.2 Å². The molecule has 0 radical (unpaired) electrons. The molecule has 0 bridgehead atoms. The van der Waals surface area contributed by atoms with Crippen molar-refractivity contribution in [1.29, 1.82) is 0 Å². The topological polar surface area (TPSA) is 115 Å². The number of hydrogen-bond acceptors (Lipinski definition) is 6. The Bertz CT molecular complexity index is 1470. The molecule has 3 rings (SSSR count). The zero-order valence-corrected chi connectivity index (χ0v) is 21.7. The van der Waals surface area contributed by atoms with E-state index in [9.17, 15) is 26.8 Å². The molecule has 11 heteroatoms. The quantitative estimate of drug-likeness (QED) is 0.220. The van der Waals surface area contributed by atoms with Crippen LogP contribution in [-0.4, -0.2) is 48.8 Å². The highest BCUT2D eigenvalue weighted by Crippen LogP contribution is 2.29. The number of fused-ring (bicyclic) bond motifs is 1. The molecule has 2 aromatic carbocycles. The third kappa shape index (κ3) is 5.89. The van der Waals surface area contributed by atoms with Crippen molar-refractivity contribution in [3.05, 3.63) is 70.1 Å². The van der Waals surface area contributed by atoms with Crippen molar-refractivity contribution in [3.63, 3.8) is 0 Å². The number of hydroxylamine groups is 1. The number of hydrogen-bond donors (Lipinski definition) is 2. The molecule has 1 heterocycles. The van der Waals surface area contributed by atoms with Gasteiger partial charge in [-0.2, -0.15) is 0 Å². The molecule has 37 heavy (non-hydrogen) atoms. The average Bonchev–Trinajstić information content (AvgIpc) is 2.87. The maximum Gasteiger partial charge on any atom is 0.264 e. The maximum absolute atomic E-state index is 14.9. The normalized spacial score (nSPS) is 13.5. The Hall–Kier alpha value is -3.15. The summed E-state index contributed by atoms with van der Waals surface area (Å²) in [4.78, 5) is 25.0. The first-order valence-electron chi connectivity index (χ1n) is 11.7. The average molecular weight is 537 g/mol. The number of benzene rings is 2. The van der Waals surface area contributed by atoms with Crippen LogP contribution in [0.15, 0.2) is 47.4 Å². The Morgan fingerprint density at radius 1 is 1.14 bits per heavy atom. The summed E-state index contributed by atoms with van der Waals surface area (Å²) in [5.74, 6) is -2.95. The van der Waals surface area contributed by atoms with Gasteiger partial charge in [-0.1, -0.05) is 18.2 Å². The minimum Gasteiger partial charge on any atom is -0.385 e. The number of aryl methyl sites for hydroxylation is 2. The van der Waals surface area contributed by atoms with Gasteiger partial charge in [0, 0.05) is 43.7 Å². The zero-order chi connectivity index (χ0) is 27.4. The lowest BCUT2D eigenvalue weighted by atomic mass is 9.98. The number of aromatic nitrogens is 1. The van der Waals surface area contributed by atoms with Crippen molar-refractivity contribution in [2.75, 3.05) is 20.0 Å². The highest BCUT2D eigenvalue weighted by Gasteiger charge is 2.43. The second-order valence-corrected chi connectivity index (χ2v) is 11.6. The minimum absolute atomic E-state index is 0.0724. The van der Waals surface area contributed by atoms with Crippen molar-refractivity contribution in [2.24, 2.45) is 0 Å². The fraction of sp³-hybridized carbons (Fsp3) is 0.385. The van der Waals surface area contributed by atoms with E-state index in [1.165, 1.54) is 41.4 Å². The van der Waals surface area contributed by atoms with Crippen LogP contribution in [0.25, 0.3) is 21.9 Å². The molecule has 0 aliphatic heterocycles. The van der Waals surface area contributed by atoms with Crippen LogP contribution >= 0.6 is 0 Å². The van der Waals surface area contributed by atoms with Crippen LogP contribution in [0, 0.1) is 11.6 Å². The number of unbranched alkanes of at least 4 members (excludes halogenated alkanes) is 1. The summed E-state index contributed by atoms with van der Waals surface area (Å²) in [5.41, 5.74) is 1.69. The smallest absolute Gasteiger partial charge is 0.264 e. The number of methoxy groups -OCH3 is 1. The van der Waals surface area contributed by atoms with Gasteiger partial charge in [-0.3, -0.25) is 14.8 Å². The van der Waals surface area contributed by atoms with Crippen LogP contribution in [0.4, 0.5) is 8.78 Å². The highest BCUT2D eigenvalue weighted by molar-refractivity contribution is 7.92. The first kappa shape index (κ1) is 28.4. The lowest BCUT2D eigenvalue weighted by Gasteiger charge is -2.25. The van der Waals surface area contributed by atoms with Gasteiger partial charge in [-0.15, -0.1) is 0 Å². The van der Waals surface area contributed by atoms with Crippen molar-refractivity contribution in [1.82, 2.24) is 10.0 Å². The number of pyridine rings is 1. The van der Waals surface area contributed by atoms with E-state index < -0.39 is 37.7 Å². The largest absolute Gasteiger partial charge is 0.385 e. The predicted octanol–water partition coefficient (Wildman–Crippen LogP) is 3.61. The van der Waals surface area contributed by atoms with Crippen LogP contribution in [0.1, 0.15) is 31.7 Å². The molecule has 0 spiro atoms. The van der Waals surface area contributed by atoms with Crippen LogP contribution in [0.2, 0.25) is 0 Å². The van der Waals surface area contributed by atoms with E-state index in [0.717, 1.165) is 12.7 Å². The van der Waals surface area contributed by atoms with Gasteiger partial charge < -0.3 is 9.30 Å². The Morgan fingerprint density at radius 3 is 2.51 bits per heavy atom.